The molecule has 0 heterocycles. The standard InChI is InChI=1S/C79H133N23O32/c1-36(2)32-51(99-62(117)38(5)82)74(129)94-44(17-23-55(83)104)69(124)92-43(15-10-12-30-81)68(123)101-52(33-37(3)4)75(130)95-47(20-26-58(109)110)71(126)93-45(18-24-56(105)106)67(122)89-41(8)64(119)90-46(19-25-57(107)108)70(125)91-42(14-9-11-29-80)66(121)88-39(6)63(118)87-40(7)65(120)100-53(34-61(115)116)76(131)96-49(22-28-60(113)114)73(128)102-54(35-103)77(132)97-48(21-27-59(111)112)72(127)98-50(78(133)134)16-13-31-86-79(84)85/h36-54,103H,9-35,80-82H2,1-8H3,(H2,83,104)(H,87,118)(H,88,121)(H,89,122)(H,90,119)(H,91,125)(H,92,124)(H,93,126)(H,94,129)(H,95,130)(H,96,131)(H,97,132)(H,98,127)(H,99,117)(H,100,120)(H,101,123)(H,102,128)(H,105,106)(H,107,108)(H,109,110)(H,111,112)(H,113,114)(H,115,116)(H,133,134)(H4,84,85,86)/t38-,39-,40-,41-,42-,43-,44-,45-,46-,47-,48-,49-,50-,51-,52-,53-,54-/m0/s1. The second-order valence-corrected chi connectivity index (χ2v) is 32.4. The van der Waals surface area contributed by atoms with Crippen LogP contribution in [0.25, 0.3) is 0 Å². The maximum Gasteiger partial charge on any atom is 0.326 e. The van der Waals surface area contributed by atoms with Crippen LogP contribution < -0.4 is 119 Å². The number of aliphatic carboxylic acids is 7. The van der Waals surface area contributed by atoms with Crippen LogP contribution in [-0.2, 0) is 115 Å². The predicted molar refractivity (Wildman–Crippen MR) is 465 cm³/mol. The topological polar surface area (TPSA) is 930 Å². The van der Waals surface area contributed by atoms with Crippen LogP contribution in [0.1, 0.15) is 203 Å². The molecule has 17 amide bonds. The summed E-state index contributed by atoms with van der Waals surface area (Å²) in [4.78, 5) is 317. The number of carboxylic acid groups (broad SMARTS) is 7. The Morgan fingerprint density at radius 1 is 0.269 bits per heavy atom. The first-order valence-corrected chi connectivity index (χ1v) is 43.1. The summed E-state index contributed by atoms with van der Waals surface area (Å²) in [5, 5.41) is 124. The molecule has 0 bridgehead atoms. The summed E-state index contributed by atoms with van der Waals surface area (Å²) in [5.41, 5.74) is 27.8. The number of nitrogens with two attached hydrogens (primary N) is 5. The van der Waals surface area contributed by atoms with Gasteiger partial charge in [-0.1, -0.05) is 27.7 Å². The van der Waals surface area contributed by atoms with Gasteiger partial charge in [0.1, 0.15) is 96.7 Å². The molecule has 0 rings (SSSR count). The van der Waals surface area contributed by atoms with Crippen LogP contribution in [0.2, 0.25) is 0 Å². The molecule has 0 saturated carbocycles. The van der Waals surface area contributed by atoms with Gasteiger partial charge < -0.3 is 160 Å². The van der Waals surface area contributed by atoms with E-state index < -0.39 is 347 Å². The maximum absolute atomic E-state index is 14.4. The lowest BCUT2D eigenvalue weighted by atomic mass is 10.00. The van der Waals surface area contributed by atoms with E-state index >= 15 is 0 Å². The second-order valence-electron chi connectivity index (χ2n) is 32.4. The van der Waals surface area contributed by atoms with Gasteiger partial charge in [-0.15, -0.1) is 0 Å². The molecule has 0 aliphatic rings. The van der Waals surface area contributed by atoms with Gasteiger partial charge in [-0.2, -0.15) is 0 Å². The molecule has 0 unspecified atom stereocenters. The Labute approximate surface area is 769 Å². The summed E-state index contributed by atoms with van der Waals surface area (Å²) >= 11 is 0. The summed E-state index contributed by atoms with van der Waals surface area (Å²) in [5.74, 6) is -32.0. The van der Waals surface area contributed by atoms with E-state index in [1.807, 2.05) is 16.0 Å². The van der Waals surface area contributed by atoms with Crippen LogP contribution in [0.15, 0.2) is 0 Å². The lowest BCUT2D eigenvalue weighted by Gasteiger charge is -2.28. The monoisotopic (exact) mass is 1920 g/mol. The van der Waals surface area contributed by atoms with Crippen LogP contribution in [-0.4, -0.2) is 318 Å². The van der Waals surface area contributed by atoms with E-state index in [4.69, 9.17) is 34.1 Å². The zero-order chi connectivity index (χ0) is 103. The molecule has 0 aromatic carbocycles. The number of unbranched alkanes of at least 4 members (excludes halogenated alkanes) is 2. The van der Waals surface area contributed by atoms with E-state index in [0.29, 0.717) is 6.42 Å². The smallest absolute Gasteiger partial charge is 0.326 e. The third-order valence-corrected chi connectivity index (χ3v) is 19.6. The molecule has 0 saturated heterocycles. The molecule has 17 atom stereocenters. The molecule has 134 heavy (non-hydrogen) atoms. The van der Waals surface area contributed by atoms with Crippen molar-refractivity contribution in [3.8, 4) is 0 Å². The van der Waals surface area contributed by atoms with Crippen molar-refractivity contribution in [2.75, 3.05) is 26.2 Å². The van der Waals surface area contributed by atoms with Crippen molar-refractivity contribution in [2.24, 2.45) is 40.5 Å². The number of carbonyl (C=O) groups excluding carboxylic acids is 17. The average molecular weight is 1920 g/mol. The number of rotatable bonds is 70. The number of aliphatic hydroxyl groups excluding tert-OH is 1. The number of hydrogen-bond donors (Lipinski definition) is 31. The number of primary amides is 1. The molecule has 0 fully saturated rings. The third-order valence-electron chi connectivity index (χ3n) is 19.6. The number of aliphatic hydroxyl groups is 1. The molecular formula is C79H133N23O32. The minimum Gasteiger partial charge on any atom is -0.481 e. The molecule has 55 heteroatoms. The minimum atomic E-state index is -2.18. The highest BCUT2D eigenvalue weighted by molar-refractivity contribution is 6.02. The minimum absolute atomic E-state index is 0.00878. The SMILES string of the molecule is CC(C)C[C@H](NC(=O)[C@H](C)N)C(=O)N[C@@H](CCC(N)=O)C(=O)N[C@@H](CCCCN)C(=O)N[C@@H](CC(C)C)C(=O)N[C@@H](CCC(=O)O)C(=O)N[C@@H](CCC(=O)O)C(=O)N[C@@H](C)C(=O)N[C@@H](CCC(=O)O)C(=O)N[C@@H](CCCCN)C(=O)N[C@@H](C)C(=O)N[C@@H](C)C(=O)N[C@@H](CC(=O)O)C(=O)N[C@@H](CCC(=O)O)C(=O)N[C@@H](CO)C(=O)N[C@@H](CCC(=O)O)C(=O)N[C@@H](CCCNC(=N)N)C(=O)O. The normalized spacial score (nSPS) is 14.8. The number of hydrogen-bond acceptors (Lipinski definition) is 29. The van der Waals surface area contributed by atoms with Gasteiger partial charge in [0.2, 0.25) is 100 Å². The third kappa shape index (κ3) is 50.7. The zero-order valence-corrected chi connectivity index (χ0v) is 75.8. The van der Waals surface area contributed by atoms with Crippen LogP contribution >= 0.6 is 0 Å². The van der Waals surface area contributed by atoms with Gasteiger partial charge in [-0.05, 0) is 155 Å². The Balaban J connectivity index is 6.98. The van der Waals surface area contributed by atoms with Gasteiger partial charge in [0, 0.05) is 45.1 Å². The summed E-state index contributed by atoms with van der Waals surface area (Å²) in [7, 11) is 0. The van der Waals surface area contributed by atoms with Crippen molar-refractivity contribution < 1.29 is 156 Å². The number of carboxylic acids is 7. The highest BCUT2D eigenvalue weighted by atomic mass is 16.4. The van der Waals surface area contributed by atoms with E-state index in [0.717, 1.165) is 20.8 Å². The molecule has 55 nitrogen and oxygen atoms in total. The molecule has 0 aliphatic heterocycles. The fraction of sp³-hybridized carbons (Fsp3) is 0.684. The van der Waals surface area contributed by atoms with Gasteiger partial charge in [-0.25, -0.2) is 4.79 Å². The van der Waals surface area contributed by atoms with Crippen LogP contribution in [0, 0.1) is 17.2 Å². The van der Waals surface area contributed by atoms with Crippen LogP contribution in [0.5, 0.6) is 0 Å². The number of guanidine groups is 1. The van der Waals surface area contributed by atoms with E-state index in [2.05, 4.69) is 74.4 Å². The summed E-state index contributed by atoms with van der Waals surface area (Å²) in [6.07, 6.45) is -10.2. The maximum atomic E-state index is 14.4. The van der Waals surface area contributed by atoms with Crippen molar-refractivity contribution in [3.63, 3.8) is 0 Å². The van der Waals surface area contributed by atoms with Crippen molar-refractivity contribution in [3.05, 3.63) is 0 Å². The lowest BCUT2D eigenvalue weighted by molar-refractivity contribution is -0.143. The van der Waals surface area contributed by atoms with Crippen molar-refractivity contribution in [2.45, 2.75) is 306 Å². The largest absolute Gasteiger partial charge is 0.481 e. The summed E-state index contributed by atoms with van der Waals surface area (Å²) in [6, 6.07) is -29.4. The van der Waals surface area contributed by atoms with Crippen molar-refractivity contribution >= 4 is 148 Å². The Morgan fingerprint density at radius 3 is 0.776 bits per heavy atom. The molecule has 0 spiro atoms. The number of nitrogens with one attached hydrogen (secondary N) is 18. The second kappa shape index (κ2) is 63.5. The molecule has 0 aliphatic carbocycles. The van der Waals surface area contributed by atoms with Gasteiger partial charge in [0.25, 0.3) is 0 Å². The van der Waals surface area contributed by atoms with E-state index in [1.165, 1.54) is 6.92 Å². The van der Waals surface area contributed by atoms with Gasteiger partial charge in [0.05, 0.1) is 19.1 Å². The molecule has 0 radical (unpaired) electrons. The molecule has 0 aromatic rings. The van der Waals surface area contributed by atoms with Gasteiger partial charge >= 0.3 is 41.8 Å². The highest BCUT2D eigenvalue weighted by Gasteiger charge is 2.40. The fourth-order valence-electron chi connectivity index (χ4n) is 12.3. The van der Waals surface area contributed by atoms with Crippen molar-refractivity contribution in [1.82, 2.24) is 90.4 Å². The Bertz CT molecular complexity index is 4080. The first kappa shape index (κ1) is 120. The van der Waals surface area contributed by atoms with Gasteiger partial charge in [-0.3, -0.25) is 116 Å². The molecular weight excluding hydrogens is 1780 g/mol. The van der Waals surface area contributed by atoms with Crippen molar-refractivity contribution in [1.29, 1.82) is 5.41 Å². The Kier molecular flexibility index (Phi) is 57.0. The molecule has 0 aromatic heterocycles. The summed E-state index contributed by atoms with van der Waals surface area (Å²) in [6.45, 7) is 10.1. The number of carbonyl (C=O) groups is 24. The number of amides is 17. The molecule has 36 N–H and O–H groups in total. The Morgan fingerprint density at radius 2 is 0.500 bits per heavy atom. The lowest BCUT2D eigenvalue weighted by Crippen LogP contribution is -2.61. The quantitative estimate of drug-likeness (QED) is 0.0153. The summed E-state index contributed by atoms with van der Waals surface area (Å²) < 4.78 is 0. The molecule has 756 valence electrons. The fourth-order valence-corrected chi connectivity index (χ4v) is 12.3. The van der Waals surface area contributed by atoms with E-state index in [-0.39, 0.29) is 83.3 Å². The average Bonchev–Trinajstić information content (AvgIpc) is 0.844. The first-order chi connectivity index (χ1) is 62.6. The van der Waals surface area contributed by atoms with E-state index in [1.54, 1.807) is 27.7 Å². The Hall–Kier alpha value is -13.6. The van der Waals surface area contributed by atoms with Crippen LogP contribution in [0.3, 0.4) is 0 Å². The predicted octanol–water partition coefficient (Wildman–Crippen LogP) is -10.1. The van der Waals surface area contributed by atoms with E-state index in [9.17, 15) is 156 Å². The van der Waals surface area contributed by atoms with Crippen LogP contribution in [0.4, 0.5) is 0 Å². The first-order valence-electron chi connectivity index (χ1n) is 43.1. The highest BCUT2D eigenvalue weighted by Crippen LogP contribution is 2.16. The van der Waals surface area contributed by atoms with Gasteiger partial charge in [0.15, 0.2) is 5.96 Å². The zero-order valence-electron chi connectivity index (χ0n) is 75.8.